The maximum atomic E-state index is 12.6. The van der Waals surface area contributed by atoms with E-state index < -0.39 is 26.5 Å². The summed E-state index contributed by atoms with van der Waals surface area (Å²) in [6.07, 6.45) is 34.3. The lowest BCUT2D eigenvalue weighted by Crippen LogP contribution is -2.29. The molecule has 298 valence electrons. The number of ether oxygens (including phenoxy) is 2. The van der Waals surface area contributed by atoms with Gasteiger partial charge in [-0.05, 0) is 19.9 Å². The molecule has 0 aliphatic rings. The van der Waals surface area contributed by atoms with E-state index in [9.17, 15) is 19.0 Å². The van der Waals surface area contributed by atoms with Crippen LogP contribution in [0, 0.1) is 0 Å². The van der Waals surface area contributed by atoms with Crippen molar-refractivity contribution in [2.45, 2.75) is 213 Å². The van der Waals surface area contributed by atoms with Crippen molar-refractivity contribution in [2.24, 2.45) is 0 Å². The van der Waals surface area contributed by atoms with Gasteiger partial charge in [-0.3, -0.25) is 18.6 Å². The number of carbonyl (C=O) groups is 2. The molecule has 0 saturated carbocycles. The lowest BCUT2D eigenvalue weighted by molar-refractivity contribution is -0.161. The zero-order chi connectivity index (χ0) is 36.8. The number of phosphoric acid groups is 1. The van der Waals surface area contributed by atoms with Crippen molar-refractivity contribution < 1.29 is 37.6 Å². The molecule has 10 heteroatoms. The largest absolute Gasteiger partial charge is 0.472 e. The molecule has 9 nitrogen and oxygen atoms in total. The van der Waals surface area contributed by atoms with E-state index in [1.54, 1.807) is 7.05 Å². The highest BCUT2D eigenvalue weighted by Gasteiger charge is 2.26. The van der Waals surface area contributed by atoms with Gasteiger partial charge in [-0.2, -0.15) is 0 Å². The number of hydrogen-bond acceptors (Lipinski definition) is 8. The molecule has 2 unspecified atom stereocenters. The Hall–Kier alpha value is -0.990. The Labute approximate surface area is 308 Å². The second-order valence-electron chi connectivity index (χ2n) is 14.2. The summed E-state index contributed by atoms with van der Waals surface area (Å²) < 4.78 is 33.1. The van der Waals surface area contributed by atoms with Crippen molar-refractivity contribution in [3.63, 3.8) is 0 Å². The first-order valence-electron chi connectivity index (χ1n) is 21.0. The van der Waals surface area contributed by atoms with Crippen LogP contribution in [0.2, 0.25) is 0 Å². The van der Waals surface area contributed by atoms with Crippen molar-refractivity contribution in [2.75, 3.05) is 33.4 Å². The summed E-state index contributed by atoms with van der Waals surface area (Å²) in [6, 6.07) is 0. The smallest absolute Gasteiger partial charge is 0.462 e. The highest BCUT2D eigenvalue weighted by Crippen LogP contribution is 2.43. The normalized spacial score (nSPS) is 13.3. The number of likely N-dealkylation sites (N-methyl/N-ethyl adjacent to an activating group) is 1. The summed E-state index contributed by atoms with van der Waals surface area (Å²) >= 11 is 0. The van der Waals surface area contributed by atoms with E-state index in [2.05, 4.69) is 19.2 Å². The molecule has 0 spiro atoms. The quantitative estimate of drug-likeness (QED) is 0.0360. The average Bonchev–Trinajstić information content (AvgIpc) is 3.09. The summed E-state index contributed by atoms with van der Waals surface area (Å²) in [5.41, 5.74) is 0. The number of phosphoric ester groups is 1. The van der Waals surface area contributed by atoms with Crippen LogP contribution in [0.15, 0.2) is 0 Å². The molecule has 0 aromatic rings. The second kappa shape index (κ2) is 37.8. The number of rotatable bonds is 40. The van der Waals surface area contributed by atoms with Crippen molar-refractivity contribution in [1.82, 2.24) is 5.32 Å². The molecule has 0 aliphatic heterocycles. The Kier molecular flexibility index (Phi) is 37.0. The second-order valence-corrected chi connectivity index (χ2v) is 15.6. The van der Waals surface area contributed by atoms with Crippen LogP contribution in [0.3, 0.4) is 0 Å². The zero-order valence-corrected chi connectivity index (χ0v) is 33.8. The summed E-state index contributed by atoms with van der Waals surface area (Å²) in [6.45, 7) is 4.25. The Morgan fingerprint density at radius 1 is 0.540 bits per heavy atom. The first-order valence-corrected chi connectivity index (χ1v) is 22.5. The fraction of sp³-hybridized carbons (Fsp3) is 0.950. The van der Waals surface area contributed by atoms with Gasteiger partial charge in [0, 0.05) is 19.4 Å². The van der Waals surface area contributed by atoms with Crippen molar-refractivity contribution >= 4 is 19.8 Å². The third-order valence-electron chi connectivity index (χ3n) is 9.23. The number of carbonyl (C=O) groups excluding carboxylic acids is 2. The predicted octanol–water partition coefficient (Wildman–Crippen LogP) is 11.5. The van der Waals surface area contributed by atoms with Gasteiger partial charge in [0.2, 0.25) is 0 Å². The number of esters is 2. The Morgan fingerprint density at radius 2 is 0.900 bits per heavy atom. The van der Waals surface area contributed by atoms with Crippen LogP contribution in [-0.4, -0.2) is 56.3 Å². The molecule has 0 aromatic carbocycles. The highest BCUT2D eigenvalue weighted by molar-refractivity contribution is 7.47. The molecular weight excluding hydrogens is 653 g/mol. The van der Waals surface area contributed by atoms with Gasteiger partial charge >= 0.3 is 19.8 Å². The number of hydrogen-bond donors (Lipinski definition) is 2. The summed E-state index contributed by atoms with van der Waals surface area (Å²) in [5.74, 6) is -0.794. The van der Waals surface area contributed by atoms with Crippen LogP contribution in [0.25, 0.3) is 0 Å². The average molecular weight is 734 g/mol. The van der Waals surface area contributed by atoms with Gasteiger partial charge in [-0.15, -0.1) is 0 Å². The minimum absolute atomic E-state index is 0.0119. The number of unbranched alkanes of at least 4 members (excludes halogenated alkanes) is 26. The third kappa shape index (κ3) is 36.8. The fourth-order valence-electron chi connectivity index (χ4n) is 6.02. The van der Waals surface area contributed by atoms with E-state index >= 15 is 0 Å². The topological polar surface area (TPSA) is 120 Å². The van der Waals surface area contributed by atoms with Crippen LogP contribution in [0.1, 0.15) is 206 Å². The number of nitrogens with one attached hydrogen (secondary N) is 1. The van der Waals surface area contributed by atoms with Gasteiger partial charge in [-0.1, -0.05) is 181 Å². The molecule has 0 fully saturated rings. The summed E-state index contributed by atoms with van der Waals surface area (Å²) in [5, 5.41) is 2.82. The molecule has 0 amide bonds. The molecule has 0 bridgehead atoms. The first kappa shape index (κ1) is 49.0. The Balaban J connectivity index is 4.17. The van der Waals surface area contributed by atoms with E-state index in [0.29, 0.717) is 13.0 Å². The van der Waals surface area contributed by atoms with Crippen molar-refractivity contribution in [3.8, 4) is 0 Å². The van der Waals surface area contributed by atoms with E-state index in [-0.39, 0.29) is 25.6 Å². The van der Waals surface area contributed by atoms with Gasteiger partial charge in [0.25, 0.3) is 0 Å². The van der Waals surface area contributed by atoms with E-state index in [0.717, 1.165) is 38.5 Å². The van der Waals surface area contributed by atoms with Crippen LogP contribution >= 0.6 is 7.82 Å². The van der Waals surface area contributed by atoms with Gasteiger partial charge in [0.1, 0.15) is 6.61 Å². The van der Waals surface area contributed by atoms with Gasteiger partial charge in [0.15, 0.2) is 6.10 Å². The summed E-state index contributed by atoms with van der Waals surface area (Å²) in [7, 11) is -2.63. The minimum atomic E-state index is -4.34. The zero-order valence-electron chi connectivity index (χ0n) is 32.9. The van der Waals surface area contributed by atoms with Gasteiger partial charge in [-0.25, -0.2) is 4.57 Å². The van der Waals surface area contributed by atoms with Crippen molar-refractivity contribution in [1.29, 1.82) is 0 Å². The monoisotopic (exact) mass is 734 g/mol. The SMILES string of the molecule is CCCCCCCCCCCCCCCCCCCC(=O)OC(COC(=O)CCCCCCCCCCCCC)COP(=O)(O)OCCNC. The standard InChI is InChI=1S/C40H80NO8P/c1-4-6-8-10-12-14-16-17-18-19-20-21-23-25-27-29-31-33-40(43)49-38(37-48-50(44,45)47-35-34-41-3)36-46-39(42)32-30-28-26-24-22-15-13-11-9-7-5-2/h38,41H,4-37H2,1-3H3,(H,44,45). The molecule has 0 aromatic heterocycles. The molecule has 0 saturated heterocycles. The fourth-order valence-corrected chi connectivity index (χ4v) is 6.78. The maximum absolute atomic E-state index is 12.6. The minimum Gasteiger partial charge on any atom is -0.462 e. The molecule has 0 radical (unpaired) electrons. The lowest BCUT2D eigenvalue weighted by atomic mass is 10.0. The predicted molar refractivity (Wildman–Crippen MR) is 206 cm³/mol. The Morgan fingerprint density at radius 3 is 1.28 bits per heavy atom. The van der Waals surface area contributed by atoms with Crippen molar-refractivity contribution in [3.05, 3.63) is 0 Å². The highest BCUT2D eigenvalue weighted by atomic mass is 31.2. The van der Waals surface area contributed by atoms with E-state index in [1.165, 1.54) is 141 Å². The Bertz CT molecular complexity index is 799. The first-order chi connectivity index (χ1) is 24.3. The van der Waals surface area contributed by atoms with E-state index in [1.807, 2.05) is 0 Å². The molecule has 0 heterocycles. The van der Waals surface area contributed by atoms with Crippen LogP contribution < -0.4 is 5.32 Å². The molecule has 50 heavy (non-hydrogen) atoms. The molecule has 0 aliphatic carbocycles. The molecule has 0 rings (SSSR count). The molecule has 2 atom stereocenters. The molecule has 2 N–H and O–H groups in total. The maximum Gasteiger partial charge on any atom is 0.472 e. The lowest BCUT2D eigenvalue weighted by Gasteiger charge is -2.20. The third-order valence-corrected chi connectivity index (χ3v) is 10.2. The van der Waals surface area contributed by atoms with Crippen LogP contribution in [0.4, 0.5) is 0 Å². The van der Waals surface area contributed by atoms with Gasteiger partial charge in [0.05, 0.1) is 13.2 Å². The van der Waals surface area contributed by atoms with E-state index in [4.69, 9.17) is 18.5 Å². The van der Waals surface area contributed by atoms with Crippen LogP contribution in [0.5, 0.6) is 0 Å². The van der Waals surface area contributed by atoms with Crippen LogP contribution in [-0.2, 0) is 32.7 Å². The molecular formula is C40H80NO8P. The summed E-state index contributed by atoms with van der Waals surface area (Å²) in [4.78, 5) is 34.9. The van der Waals surface area contributed by atoms with Gasteiger partial charge < -0.3 is 19.7 Å².